The van der Waals surface area contributed by atoms with Crippen molar-refractivity contribution in [3.8, 4) is 0 Å². The maximum Gasteiger partial charge on any atom is 0.0512 e. The lowest BCUT2D eigenvalue weighted by atomic mass is 10.1. The van der Waals surface area contributed by atoms with Gasteiger partial charge in [0.25, 0.3) is 0 Å². The summed E-state index contributed by atoms with van der Waals surface area (Å²) < 4.78 is 0. The molecule has 0 amide bonds. The van der Waals surface area contributed by atoms with E-state index in [4.69, 9.17) is 5.11 Å². The van der Waals surface area contributed by atoms with E-state index in [1.807, 2.05) is 6.92 Å². The highest BCUT2D eigenvalue weighted by atomic mass is 16.3. The molecule has 0 aromatic heterocycles. The molecule has 0 bridgehead atoms. The molecule has 0 aliphatic rings. The first-order valence-corrected chi connectivity index (χ1v) is 5.63. The summed E-state index contributed by atoms with van der Waals surface area (Å²) in [5, 5.41) is 12.5. The monoisotopic (exact) mass is 207 g/mol. The molecule has 0 saturated heterocycles. The van der Waals surface area contributed by atoms with Crippen LogP contribution < -0.4 is 5.32 Å². The first kappa shape index (κ1) is 12.2. The van der Waals surface area contributed by atoms with Crippen LogP contribution in [0.15, 0.2) is 24.3 Å². The molecule has 2 heteroatoms. The van der Waals surface area contributed by atoms with Crippen LogP contribution >= 0.6 is 0 Å². The predicted octanol–water partition coefficient (Wildman–Crippen LogP) is 2.25. The average molecular weight is 207 g/mol. The highest BCUT2D eigenvalue weighted by molar-refractivity contribution is 5.21. The van der Waals surface area contributed by atoms with Crippen molar-refractivity contribution in [2.45, 2.75) is 39.3 Å². The molecule has 2 nitrogen and oxygen atoms in total. The van der Waals surface area contributed by atoms with Crippen LogP contribution in [0.1, 0.15) is 30.9 Å². The van der Waals surface area contributed by atoms with Crippen LogP contribution in [0.2, 0.25) is 0 Å². The number of hydrogen-bond donors (Lipinski definition) is 2. The Labute approximate surface area is 92.3 Å². The van der Waals surface area contributed by atoms with Crippen molar-refractivity contribution in [1.29, 1.82) is 0 Å². The Kier molecular flexibility index (Phi) is 5.37. The predicted molar refractivity (Wildman–Crippen MR) is 63.8 cm³/mol. The fourth-order valence-electron chi connectivity index (χ4n) is 1.58. The third-order valence-electron chi connectivity index (χ3n) is 2.39. The fourth-order valence-corrected chi connectivity index (χ4v) is 1.58. The maximum atomic E-state index is 9.08. The molecule has 0 spiro atoms. The molecule has 2 N–H and O–H groups in total. The van der Waals surface area contributed by atoms with Gasteiger partial charge in [-0.15, -0.1) is 0 Å². The summed E-state index contributed by atoms with van der Waals surface area (Å²) in [7, 11) is 0. The highest BCUT2D eigenvalue weighted by Crippen LogP contribution is 2.03. The van der Waals surface area contributed by atoms with Crippen molar-refractivity contribution in [3.05, 3.63) is 35.4 Å². The number of benzene rings is 1. The maximum absolute atomic E-state index is 9.08. The zero-order chi connectivity index (χ0) is 11.1. The fraction of sp³-hybridized carbons (Fsp3) is 0.538. The van der Waals surface area contributed by atoms with E-state index in [-0.39, 0.29) is 6.10 Å². The third kappa shape index (κ3) is 5.55. The standard InChI is InChI=1S/C13H21NO/c1-11-5-3-7-13(9-11)10-14-8-4-6-12(2)15/h3,5,7,9,12,14-15H,4,6,8,10H2,1-2H3. The molecule has 84 valence electrons. The summed E-state index contributed by atoms with van der Waals surface area (Å²) in [5.41, 5.74) is 2.63. The average Bonchev–Trinajstić information content (AvgIpc) is 2.17. The first-order chi connectivity index (χ1) is 7.18. The smallest absolute Gasteiger partial charge is 0.0512 e. The second-order valence-corrected chi connectivity index (χ2v) is 4.16. The van der Waals surface area contributed by atoms with E-state index in [0.717, 1.165) is 25.9 Å². The molecule has 0 radical (unpaired) electrons. The number of aliphatic hydroxyl groups excluding tert-OH is 1. The molecule has 1 unspecified atom stereocenters. The molecule has 0 aliphatic heterocycles. The van der Waals surface area contributed by atoms with Crippen LogP contribution in [0.25, 0.3) is 0 Å². The van der Waals surface area contributed by atoms with Crippen molar-refractivity contribution < 1.29 is 5.11 Å². The number of rotatable bonds is 6. The van der Waals surface area contributed by atoms with Gasteiger partial charge in [-0.2, -0.15) is 0 Å². The molecular weight excluding hydrogens is 186 g/mol. The lowest BCUT2D eigenvalue weighted by Crippen LogP contribution is -2.16. The van der Waals surface area contributed by atoms with Gasteiger partial charge in [-0.1, -0.05) is 29.8 Å². The van der Waals surface area contributed by atoms with Crippen molar-refractivity contribution in [2.24, 2.45) is 0 Å². The lowest BCUT2D eigenvalue weighted by molar-refractivity contribution is 0.181. The van der Waals surface area contributed by atoms with E-state index in [1.54, 1.807) is 0 Å². The zero-order valence-electron chi connectivity index (χ0n) is 9.66. The summed E-state index contributed by atoms with van der Waals surface area (Å²) >= 11 is 0. The van der Waals surface area contributed by atoms with Crippen molar-refractivity contribution >= 4 is 0 Å². The van der Waals surface area contributed by atoms with Crippen LogP contribution in [0.5, 0.6) is 0 Å². The summed E-state index contributed by atoms with van der Waals surface area (Å²) in [4.78, 5) is 0. The van der Waals surface area contributed by atoms with E-state index in [1.165, 1.54) is 11.1 Å². The van der Waals surface area contributed by atoms with E-state index in [2.05, 4.69) is 36.5 Å². The Morgan fingerprint density at radius 3 is 2.87 bits per heavy atom. The lowest BCUT2D eigenvalue weighted by Gasteiger charge is -2.06. The Bertz CT molecular complexity index is 284. The Morgan fingerprint density at radius 1 is 1.40 bits per heavy atom. The van der Waals surface area contributed by atoms with Crippen LogP contribution in [-0.2, 0) is 6.54 Å². The van der Waals surface area contributed by atoms with E-state index in [9.17, 15) is 0 Å². The Morgan fingerprint density at radius 2 is 2.20 bits per heavy atom. The summed E-state index contributed by atoms with van der Waals surface area (Å²) in [6.07, 6.45) is 1.73. The van der Waals surface area contributed by atoms with Gasteiger partial charge in [-0.05, 0) is 38.8 Å². The van der Waals surface area contributed by atoms with Gasteiger partial charge in [0.1, 0.15) is 0 Å². The number of nitrogens with one attached hydrogen (secondary N) is 1. The van der Waals surface area contributed by atoms with Crippen LogP contribution in [0.3, 0.4) is 0 Å². The second kappa shape index (κ2) is 6.59. The molecule has 0 aliphatic carbocycles. The number of hydrogen-bond acceptors (Lipinski definition) is 2. The Balaban J connectivity index is 2.15. The van der Waals surface area contributed by atoms with Gasteiger partial charge in [-0.25, -0.2) is 0 Å². The molecule has 1 rings (SSSR count). The molecular formula is C13H21NO. The molecule has 1 aromatic rings. The van der Waals surface area contributed by atoms with E-state index >= 15 is 0 Å². The zero-order valence-corrected chi connectivity index (χ0v) is 9.66. The summed E-state index contributed by atoms with van der Waals surface area (Å²) in [6.45, 7) is 5.83. The topological polar surface area (TPSA) is 32.3 Å². The van der Waals surface area contributed by atoms with Gasteiger partial charge < -0.3 is 10.4 Å². The Hall–Kier alpha value is -0.860. The van der Waals surface area contributed by atoms with Gasteiger partial charge in [0.15, 0.2) is 0 Å². The number of aryl methyl sites for hydroxylation is 1. The van der Waals surface area contributed by atoms with E-state index < -0.39 is 0 Å². The minimum absolute atomic E-state index is 0.175. The van der Waals surface area contributed by atoms with Gasteiger partial charge in [0.05, 0.1) is 6.10 Å². The second-order valence-electron chi connectivity index (χ2n) is 4.16. The highest BCUT2D eigenvalue weighted by Gasteiger charge is 1.96. The third-order valence-corrected chi connectivity index (χ3v) is 2.39. The quantitative estimate of drug-likeness (QED) is 0.701. The van der Waals surface area contributed by atoms with Crippen molar-refractivity contribution in [1.82, 2.24) is 5.32 Å². The first-order valence-electron chi connectivity index (χ1n) is 5.63. The number of aliphatic hydroxyl groups is 1. The van der Waals surface area contributed by atoms with Gasteiger partial charge >= 0.3 is 0 Å². The minimum atomic E-state index is -0.175. The van der Waals surface area contributed by atoms with Gasteiger partial charge in [-0.3, -0.25) is 0 Å². The van der Waals surface area contributed by atoms with Gasteiger partial charge in [0, 0.05) is 6.54 Å². The molecule has 0 fully saturated rings. The molecule has 1 atom stereocenters. The molecule has 0 saturated carbocycles. The summed E-state index contributed by atoms with van der Waals surface area (Å²) in [6, 6.07) is 8.52. The van der Waals surface area contributed by atoms with E-state index in [0.29, 0.717) is 0 Å². The summed E-state index contributed by atoms with van der Waals surface area (Å²) in [5.74, 6) is 0. The molecule has 1 aromatic carbocycles. The SMILES string of the molecule is Cc1cccc(CNCCCC(C)O)c1. The van der Waals surface area contributed by atoms with Crippen LogP contribution in [-0.4, -0.2) is 17.8 Å². The largest absolute Gasteiger partial charge is 0.393 e. The van der Waals surface area contributed by atoms with Crippen LogP contribution in [0.4, 0.5) is 0 Å². The molecule has 0 heterocycles. The van der Waals surface area contributed by atoms with Gasteiger partial charge in [0.2, 0.25) is 0 Å². The minimum Gasteiger partial charge on any atom is -0.393 e. The van der Waals surface area contributed by atoms with Crippen LogP contribution in [0, 0.1) is 6.92 Å². The normalized spacial score (nSPS) is 12.7. The van der Waals surface area contributed by atoms with Crippen molar-refractivity contribution in [2.75, 3.05) is 6.54 Å². The van der Waals surface area contributed by atoms with Crippen molar-refractivity contribution in [3.63, 3.8) is 0 Å². The molecule has 15 heavy (non-hydrogen) atoms.